The maximum atomic E-state index is 12.4. The molecule has 0 fully saturated rings. The van der Waals surface area contributed by atoms with E-state index in [0.717, 1.165) is 24.3 Å². The van der Waals surface area contributed by atoms with E-state index in [0.29, 0.717) is 5.56 Å². The van der Waals surface area contributed by atoms with Gasteiger partial charge in [-0.05, 0) is 23.3 Å². The molecule has 0 saturated carbocycles. The van der Waals surface area contributed by atoms with Gasteiger partial charge in [0.25, 0.3) is 5.69 Å². The Bertz CT molecular complexity index is 865. The average molecular weight is 372 g/mol. The first-order valence-electron chi connectivity index (χ1n) is 7.79. The molecule has 0 aromatic heterocycles. The van der Waals surface area contributed by atoms with Gasteiger partial charge in [-0.15, -0.1) is 0 Å². The van der Waals surface area contributed by atoms with Crippen molar-refractivity contribution in [2.24, 2.45) is 0 Å². The fourth-order valence-corrected chi connectivity index (χ4v) is 2.63. The van der Waals surface area contributed by atoms with Crippen LogP contribution in [0.3, 0.4) is 0 Å². The van der Waals surface area contributed by atoms with Gasteiger partial charge in [0.05, 0.1) is 17.8 Å². The van der Waals surface area contributed by atoms with Crippen LogP contribution in [-0.4, -0.2) is 33.0 Å². The molecular weight excluding hydrogens is 356 g/mol. The summed E-state index contributed by atoms with van der Waals surface area (Å²) in [6.45, 7) is 0. The molecule has 0 aliphatic rings. The molecule has 3 N–H and O–H groups in total. The molecule has 0 heterocycles. The minimum Gasteiger partial charge on any atom is -0.481 e. The van der Waals surface area contributed by atoms with E-state index >= 15 is 0 Å². The smallest absolute Gasteiger partial charge is 0.334 e. The Morgan fingerprint density at radius 2 is 1.59 bits per heavy atom. The van der Waals surface area contributed by atoms with Gasteiger partial charge in [0, 0.05) is 12.1 Å². The van der Waals surface area contributed by atoms with Crippen molar-refractivity contribution in [2.75, 3.05) is 0 Å². The highest BCUT2D eigenvalue weighted by Gasteiger charge is 2.44. The van der Waals surface area contributed by atoms with E-state index in [1.165, 1.54) is 0 Å². The number of carboxylic acids is 2. The Labute approximate surface area is 153 Å². The van der Waals surface area contributed by atoms with Crippen LogP contribution in [0.2, 0.25) is 0 Å². The number of hydrogen-bond acceptors (Lipinski definition) is 5. The summed E-state index contributed by atoms with van der Waals surface area (Å²) >= 11 is 0. The number of carboxylic acid groups (broad SMARTS) is 2. The van der Waals surface area contributed by atoms with Crippen molar-refractivity contribution >= 4 is 23.5 Å². The highest BCUT2D eigenvalue weighted by atomic mass is 16.6. The van der Waals surface area contributed by atoms with E-state index in [4.69, 9.17) is 0 Å². The Hall–Kier alpha value is -3.75. The SMILES string of the molecule is O=C(O)C[C@](NC(=O)Cc1ccccc1)(C(=O)O)c1ccc([N+](=O)[O-])cc1. The molecule has 0 spiro atoms. The number of non-ortho nitro benzene ring substituents is 1. The highest BCUT2D eigenvalue weighted by molar-refractivity contribution is 5.92. The quantitative estimate of drug-likeness (QED) is 0.472. The average Bonchev–Trinajstić information content (AvgIpc) is 2.61. The third kappa shape index (κ3) is 4.66. The predicted octanol–water partition coefficient (Wildman–Crippen LogP) is 1.71. The zero-order valence-corrected chi connectivity index (χ0v) is 14.0. The van der Waals surface area contributed by atoms with Gasteiger partial charge < -0.3 is 15.5 Å². The number of carbonyl (C=O) groups excluding carboxylic acids is 1. The Balaban J connectivity index is 2.39. The fraction of sp³-hybridized carbons (Fsp3) is 0.167. The second-order valence-electron chi connectivity index (χ2n) is 5.80. The number of nitro benzene ring substituents is 1. The molecule has 0 radical (unpaired) electrons. The molecule has 0 aliphatic carbocycles. The summed E-state index contributed by atoms with van der Waals surface area (Å²) in [7, 11) is 0. The first-order valence-corrected chi connectivity index (χ1v) is 7.79. The van der Waals surface area contributed by atoms with Crippen LogP contribution >= 0.6 is 0 Å². The lowest BCUT2D eigenvalue weighted by molar-refractivity contribution is -0.384. The summed E-state index contributed by atoms with van der Waals surface area (Å²) in [5.41, 5.74) is -2.01. The monoisotopic (exact) mass is 372 g/mol. The van der Waals surface area contributed by atoms with Crippen LogP contribution in [-0.2, 0) is 26.3 Å². The van der Waals surface area contributed by atoms with Crippen molar-refractivity contribution in [3.63, 3.8) is 0 Å². The van der Waals surface area contributed by atoms with Crippen LogP contribution in [0.25, 0.3) is 0 Å². The zero-order chi connectivity index (χ0) is 20.0. The third-order valence-electron chi connectivity index (χ3n) is 3.91. The van der Waals surface area contributed by atoms with E-state index in [9.17, 15) is 34.7 Å². The lowest BCUT2D eigenvalue weighted by Gasteiger charge is -2.29. The topological polar surface area (TPSA) is 147 Å². The normalized spacial score (nSPS) is 12.6. The van der Waals surface area contributed by atoms with Gasteiger partial charge in [-0.25, -0.2) is 4.79 Å². The van der Waals surface area contributed by atoms with Gasteiger partial charge in [0.1, 0.15) is 0 Å². The molecule has 0 unspecified atom stereocenters. The lowest BCUT2D eigenvalue weighted by atomic mass is 9.86. The number of nitro groups is 1. The van der Waals surface area contributed by atoms with Crippen LogP contribution in [0.1, 0.15) is 17.5 Å². The Kier molecular flexibility index (Phi) is 5.86. The minimum absolute atomic E-state index is 0.0792. The molecule has 0 bridgehead atoms. The lowest BCUT2D eigenvalue weighted by Crippen LogP contribution is -2.53. The largest absolute Gasteiger partial charge is 0.481 e. The van der Waals surface area contributed by atoms with Gasteiger partial charge in [-0.1, -0.05) is 30.3 Å². The third-order valence-corrected chi connectivity index (χ3v) is 3.91. The molecule has 1 atom stereocenters. The van der Waals surface area contributed by atoms with Crippen LogP contribution in [0.15, 0.2) is 54.6 Å². The number of nitrogens with one attached hydrogen (secondary N) is 1. The molecule has 2 aromatic rings. The number of hydrogen-bond donors (Lipinski definition) is 3. The summed E-state index contributed by atoms with van der Waals surface area (Å²) in [5.74, 6) is -3.72. The van der Waals surface area contributed by atoms with Gasteiger partial charge >= 0.3 is 11.9 Å². The van der Waals surface area contributed by atoms with Crippen molar-refractivity contribution < 1.29 is 29.5 Å². The molecule has 1 amide bonds. The van der Waals surface area contributed by atoms with Crippen LogP contribution in [0.5, 0.6) is 0 Å². The number of carbonyl (C=O) groups is 3. The summed E-state index contributed by atoms with van der Waals surface area (Å²) in [5, 5.41) is 32.0. The van der Waals surface area contributed by atoms with Crippen molar-refractivity contribution in [3.8, 4) is 0 Å². The molecule has 27 heavy (non-hydrogen) atoms. The Morgan fingerprint density at radius 3 is 2.07 bits per heavy atom. The number of amides is 1. The molecule has 2 rings (SSSR count). The summed E-state index contributed by atoms with van der Waals surface area (Å²) < 4.78 is 0. The molecule has 140 valence electrons. The van der Waals surface area contributed by atoms with Gasteiger partial charge in [0.15, 0.2) is 5.54 Å². The van der Waals surface area contributed by atoms with E-state index < -0.39 is 34.7 Å². The van der Waals surface area contributed by atoms with Gasteiger partial charge in [0.2, 0.25) is 5.91 Å². The van der Waals surface area contributed by atoms with Crippen molar-refractivity contribution in [2.45, 2.75) is 18.4 Å². The van der Waals surface area contributed by atoms with Crippen LogP contribution in [0, 0.1) is 10.1 Å². The molecular formula is C18H16N2O7. The fourth-order valence-electron chi connectivity index (χ4n) is 2.63. The summed E-state index contributed by atoms with van der Waals surface area (Å²) in [6, 6.07) is 12.9. The molecule has 2 aromatic carbocycles. The Morgan fingerprint density at radius 1 is 1.00 bits per heavy atom. The number of rotatable bonds is 8. The van der Waals surface area contributed by atoms with E-state index in [-0.39, 0.29) is 17.7 Å². The van der Waals surface area contributed by atoms with E-state index in [1.54, 1.807) is 30.3 Å². The first-order chi connectivity index (χ1) is 12.7. The maximum Gasteiger partial charge on any atom is 0.334 e. The van der Waals surface area contributed by atoms with Crippen molar-refractivity contribution in [3.05, 3.63) is 75.8 Å². The number of nitrogens with zero attached hydrogens (tertiary/aromatic N) is 1. The number of aliphatic carboxylic acids is 2. The highest BCUT2D eigenvalue weighted by Crippen LogP contribution is 2.28. The summed E-state index contributed by atoms with van der Waals surface area (Å²) in [4.78, 5) is 45.7. The van der Waals surface area contributed by atoms with Crippen molar-refractivity contribution in [1.29, 1.82) is 0 Å². The molecule has 9 heteroatoms. The minimum atomic E-state index is -2.26. The van der Waals surface area contributed by atoms with Crippen molar-refractivity contribution in [1.82, 2.24) is 5.32 Å². The van der Waals surface area contributed by atoms with Gasteiger partial charge in [-0.2, -0.15) is 0 Å². The standard InChI is InChI=1S/C18H16N2O7/c21-15(10-12-4-2-1-3-5-12)19-18(17(24)25,11-16(22)23)13-6-8-14(9-7-13)20(26)27/h1-9H,10-11H2,(H,19,21)(H,22,23)(H,24,25)/t18-/m1/s1. The maximum absolute atomic E-state index is 12.4. The van der Waals surface area contributed by atoms with E-state index in [2.05, 4.69) is 5.32 Å². The van der Waals surface area contributed by atoms with E-state index in [1.807, 2.05) is 0 Å². The second kappa shape index (κ2) is 8.09. The second-order valence-corrected chi connectivity index (χ2v) is 5.80. The molecule has 0 saturated heterocycles. The zero-order valence-electron chi connectivity index (χ0n) is 14.0. The van der Waals surface area contributed by atoms with Crippen LogP contribution in [0.4, 0.5) is 5.69 Å². The summed E-state index contributed by atoms with van der Waals surface area (Å²) in [6.07, 6.45) is -1.08. The predicted molar refractivity (Wildman–Crippen MR) is 93.0 cm³/mol. The first kappa shape index (κ1) is 19.6. The molecule has 0 aliphatic heterocycles. The number of benzene rings is 2. The van der Waals surface area contributed by atoms with Crippen LogP contribution < -0.4 is 5.32 Å². The molecule has 9 nitrogen and oxygen atoms in total. The van der Waals surface area contributed by atoms with Gasteiger partial charge in [-0.3, -0.25) is 19.7 Å².